The summed E-state index contributed by atoms with van der Waals surface area (Å²) in [6.07, 6.45) is -0.700. The fraction of sp³-hybridized carbons (Fsp3) is 0.357. The molecule has 0 saturated carbocycles. The predicted molar refractivity (Wildman–Crippen MR) is 137 cm³/mol. The van der Waals surface area contributed by atoms with Crippen LogP contribution in [0.2, 0.25) is 0 Å². The smallest absolute Gasteiger partial charge is 0.255 e. The van der Waals surface area contributed by atoms with E-state index < -0.39 is 41.7 Å². The molecule has 198 valence electrons. The summed E-state index contributed by atoms with van der Waals surface area (Å²) in [7, 11) is 0. The number of hydrogen-bond donors (Lipinski definition) is 5. The molecule has 0 bridgehead atoms. The number of rotatable bonds is 11. The van der Waals surface area contributed by atoms with Gasteiger partial charge in [-0.2, -0.15) is 0 Å². The zero-order valence-electron chi connectivity index (χ0n) is 21.2. The van der Waals surface area contributed by atoms with E-state index in [0.717, 1.165) is 30.2 Å². The van der Waals surface area contributed by atoms with Crippen molar-refractivity contribution in [2.24, 2.45) is 0 Å². The quantitative estimate of drug-likeness (QED) is 0.271. The molecule has 2 atom stereocenters. The summed E-state index contributed by atoms with van der Waals surface area (Å²) in [4.78, 5) is 27.8. The van der Waals surface area contributed by atoms with Crippen LogP contribution >= 0.6 is 0 Å². The minimum Gasteiger partial charge on any atom is -0.507 e. The standard InChI is InChI=1S/C28H33F2N3O4/c1-4-18-6-5-7-19(8-18)14-31-15-25(34)24(11-20-9-21(29)12-22(30)10-20)33-26(35)13-23-27(36)16(2)17(3)32-28(23)37/h5-10,12,24-25,31,34H,4,11,13-15H2,1-3H3,(H,33,35)(H2,32,36,37)/t24-,25+/m0/s1. The summed E-state index contributed by atoms with van der Waals surface area (Å²) in [5.74, 6) is -2.43. The lowest BCUT2D eigenvalue weighted by atomic mass is 9.99. The highest BCUT2D eigenvalue weighted by Gasteiger charge is 2.24. The zero-order valence-corrected chi connectivity index (χ0v) is 21.2. The van der Waals surface area contributed by atoms with Crippen LogP contribution in [-0.4, -0.2) is 39.8 Å². The molecule has 0 fully saturated rings. The average molecular weight is 514 g/mol. The highest BCUT2D eigenvalue weighted by atomic mass is 19.1. The van der Waals surface area contributed by atoms with E-state index in [2.05, 4.69) is 28.6 Å². The Kier molecular flexibility index (Phi) is 9.54. The highest BCUT2D eigenvalue weighted by molar-refractivity contribution is 5.79. The highest BCUT2D eigenvalue weighted by Crippen LogP contribution is 2.21. The second-order valence-corrected chi connectivity index (χ2v) is 9.24. The van der Waals surface area contributed by atoms with Crippen LogP contribution in [0.4, 0.5) is 8.78 Å². The number of amides is 1. The van der Waals surface area contributed by atoms with E-state index in [-0.39, 0.29) is 29.8 Å². The fourth-order valence-corrected chi connectivity index (χ4v) is 4.17. The number of nitrogens with one attached hydrogen (secondary N) is 3. The van der Waals surface area contributed by atoms with Gasteiger partial charge in [-0.1, -0.05) is 31.2 Å². The van der Waals surface area contributed by atoms with Gasteiger partial charge < -0.3 is 25.8 Å². The number of aliphatic hydroxyl groups excluding tert-OH is 1. The maximum atomic E-state index is 13.8. The molecule has 0 saturated heterocycles. The molecule has 1 aromatic heterocycles. The van der Waals surface area contributed by atoms with E-state index in [1.165, 1.54) is 5.56 Å². The SMILES string of the molecule is CCc1cccc(CNC[C@@H](O)[C@H](Cc2cc(F)cc(F)c2)NC(=O)Cc2c(O)c(C)c(C)[nH]c2=O)c1. The second kappa shape index (κ2) is 12.6. The van der Waals surface area contributed by atoms with E-state index >= 15 is 0 Å². The summed E-state index contributed by atoms with van der Waals surface area (Å²) in [6.45, 7) is 5.89. The third-order valence-electron chi connectivity index (χ3n) is 6.39. The lowest BCUT2D eigenvalue weighted by Gasteiger charge is -2.25. The molecule has 5 N–H and O–H groups in total. The van der Waals surface area contributed by atoms with Crippen LogP contribution in [0.3, 0.4) is 0 Å². The van der Waals surface area contributed by atoms with Crippen LogP contribution in [0.15, 0.2) is 47.3 Å². The molecule has 0 spiro atoms. The first-order valence-corrected chi connectivity index (χ1v) is 12.2. The third-order valence-corrected chi connectivity index (χ3v) is 6.39. The normalized spacial score (nSPS) is 12.8. The van der Waals surface area contributed by atoms with Gasteiger partial charge in [0.05, 0.1) is 24.1 Å². The molecule has 0 aliphatic rings. The maximum Gasteiger partial charge on any atom is 0.255 e. The topological polar surface area (TPSA) is 114 Å². The number of carbonyl (C=O) groups is 1. The Bertz CT molecular complexity index is 1290. The summed E-state index contributed by atoms with van der Waals surface area (Å²) in [6, 6.07) is 10.1. The molecule has 0 aliphatic heterocycles. The van der Waals surface area contributed by atoms with Crippen LogP contribution in [0.1, 0.15) is 40.4 Å². The first kappa shape index (κ1) is 28.0. The summed E-state index contributed by atoms with van der Waals surface area (Å²) in [5.41, 5.74) is 2.72. The number of carbonyl (C=O) groups excluding carboxylic acids is 1. The van der Waals surface area contributed by atoms with Crippen molar-refractivity contribution in [2.45, 2.75) is 58.7 Å². The number of H-pyrrole nitrogens is 1. The van der Waals surface area contributed by atoms with Crippen molar-refractivity contribution in [2.75, 3.05) is 6.54 Å². The molecule has 1 amide bonds. The lowest BCUT2D eigenvalue weighted by Crippen LogP contribution is -2.49. The monoisotopic (exact) mass is 513 g/mol. The van der Waals surface area contributed by atoms with Crippen molar-refractivity contribution >= 4 is 5.91 Å². The van der Waals surface area contributed by atoms with Crippen molar-refractivity contribution in [1.82, 2.24) is 15.6 Å². The third kappa shape index (κ3) is 7.71. The van der Waals surface area contributed by atoms with Crippen LogP contribution in [0.25, 0.3) is 0 Å². The first-order valence-electron chi connectivity index (χ1n) is 12.2. The van der Waals surface area contributed by atoms with Crippen molar-refractivity contribution in [1.29, 1.82) is 0 Å². The van der Waals surface area contributed by atoms with Gasteiger partial charge in [-0.25, -0.2) is 8.78 Å². The largest absolute Gasteiger partial charge is 0.507 e. The predicted octanol–water partition coefficient (Wildman–Crippen LogP) is 2.96. The summed E-state index contributed by atoms with van der Waals surface area (Å²) >= 11 is 0. The molecule has 37 heavy (non-hydrogen) atoms. The Hall–Kier alpha value is -3.56. The van der Waals surface area contributed by atoms with Gasteiger partial charge in [-0.3, -0.25) is 9.59 Å². The van der Waals surface area contributed by atoms with E-state index in [4.69, 9.17) is 0 Å². The van der Waals surface area contributed by atoms with Crippen molar-refractivity contribution in [3.8, 4) is 5.75 Å². The molecular formula is C28H33F2N3O4. The molecule has 7 nitrogen and oxygen atoms in total. The van der Waals surface area contributed by atoms with Gasteiger partial charge in [0.1, 0.15) is 17.4 Å². The number of aliphatic hydroxyl groups is 1. The Labute approximate surface area is 214 Å². The Balaban J connectivity index is 1.74. The van der Waals surface area contributed by atoms with Gasteiger partial charge in [-0.05, 0) is 55.5 Å². The van der Waals surface area contributed by atoms with Crippen LogP contribution < -0.4 is 16.2 Å². The zero-order chi connectivity index (χ0) is 27.1. The number of aryl methyl sites for hydroxylation is 2. The van der Waals surface area contributed by atoms with Crippen molar-refractivity contribution < 1.29 is 23.8 Å². The molecule has 9 heteroatoms. The minimum atomic E-state index is -1.11. The second-order valence-electron chi connectivity index (χ2n) is 9.24. The lowest BCUT2D eigenvalue weighted by molar-refractivity contribution is -0.122. The number of halogens is 2. The van der Waals surface area contributed by atoms with E-state index in [1.54, 1.807) is 13.8 Å². The number of pyridine rings is 1. The van der Waals surface area contributed by atoms with E-state index in [1.807, 2.05) is 18.2 Å². The Morgan fingerprint density at radius 2 is 1.73 bits per heavy atom. The number of aromatic amines is 1. The van der Waals surface area contributed by atoms with Gasteiger partial charge in [0.25, 0.3) is 5.56 Å². The number of aromatic hydroxyl groups is 1. The molecule has 1 heterocycles. The fourth-order valence-electron chi connectivity index (χ4n) is 4.17. The van der Waals surface area contributed by atoms with Crippen LogP contribution in [-0.2, 0) is 30.6 Å². The molecule has 0 radical (unpaired) electrons. The minimum absolute atomic E-state index is 0.0517. The van der Waals surface area contributed by atoms with E-state index in [9.17, 15) is 28.6 Å². The van der Waals surface area contributed by atoms with Crippen molar-refractivity contribution in [3.63, 3.8) is 0 Å². The van der Waals surface area contributed by atoms with Gasteiger partial charge >= 0.3 is 0 Å². The maximum absolute atomic E-state index is 13.8. The van der Waals surface area contributed by atoms with E-state index in [0.29, 0.717) is 17.8 Å². The van der Waals surface area contributed by atoms with Gasteiger partial charge in [0.15, 0.2) is 0 Å². The molecule has 2 aromatic carbocycles. The van der Waals surface area contributed by atoms with Gasteiger partial charge in [-0.15, -0.1) is 0 Å². The first-order chi connectivity index (χ1) is 17.6. The van der Waals surface area contributed by atoms with Gasteiger partial charge in [0, 0.05) is 30.4 Å². The average Bonchev–Trinajstić information content (AvgIpc) is 2.84. The van der Waals surface area contributed by atoms with Gasteiger partial charge in [0.2, 0.25) is 5.91 Å². The number of benzene rings is 2. The molecule has 3 aromatic rings. The van der Waals surface area contributed by atoms with Crippen LogP contribution in [0.5, 0.6) is 5.75 Å². The summed E-state index contributed by atoms with van der Waals surface area (Å²) < 4.78 is 27.5. The summed E-state index contributed by atoms with van der Waals surface area (Å²) in [5, 5.41) is 27.1. The van der Waals surface area contributed by atoms with Crippen LogP contribution in [0, 0.1) is 25.5 Å². The molecule has 0 unspecified atom stereocenters. The molecule has 0 aliphatic carbocycles. The Morgan fingerprint density at radius 3 is 2.41 bits per heavy atom. The Morgan fingerprint density at radius 1 is 1.05 bits per heavy atom. The van der Waals surface area contributed by atoms with Crippen molar-refractivity contribution in [3.05, 3.63) is 98.0 Å². The number of hydrogen-bond acceptors (Lipinski definition) is 5. The molecular weight excluding hydrogens is 480 g/mol. The molecule has 3 rings (SSSR count). The number of aromatic nitrogens is 1.